The summed E-state index contributed by atoms with van der Waals surface area (Å²) in [6.45, 7) is 26.0. The Bertz CT molecular complexity index is 1100. The van der Waals surface area contributed by atoms with Crippen molar-refractivity contribution >= 4 is 30.6 Å². The molecule has 0 spiro atoms. The van der Waals surface area contributed by atoms with Gasteiger partial charge in [0.25, 0.3) is 0 Å². The van der Waals surface area contributed by atoms with Gasteiger partial charge in [-0.3, -0.25) is 0 Å². The fourth-order valence-corrected chi connectivity index (χ4v) is 5.54. The van der Waals surface area contributed by atoms with E-state index in [1.807, 2.05) is 86.1 Å². The Kier molecular flexibility index (Phi) is 27.4. The van der Waals surface area contributed by atoms with Crippen LogP contribution in [-0.2, 0) is 0 Å². The van der Waals surface area contributed by atoms with Crippen LogP contribution in [0.25, 0.3) is 25.1 Å². The molecule has 0 radical (unpaired) electrons. The molecule has 0 amide bonds. The first-order valence-electron chi connectivity index (χ1n) is 14.2. The van der Waals surface area contributed by atoms with Crippen molar-refractivity contribution in [2.45, 2.75) is 83.6 Å². The molecular weight excluding hydrogens is 488 g/mol. The van der Waals surface area contributed by atoms with Gasteiger partial charge in [0, 0.05) is 52.0 Å². The van der Waals surface area contributed by atoms with Gasteiger partial charge in [-0.15, -0.1) is 0 Å². The van der Waals surface area contributed by atoms with Crippen molar-refractivity contribution in [3.63, 3.8) is 0 Å². The van der Waals surface area contributed by atoms with Gasteiger partial charge in [-0.1, -0.05) is 105 Å². The normalized spacial score (nSPS) is 9.77. The summed E-state index contributed by atoms with van der Waals surface area (Å²) in [6.07, 6.45) is 9.87. The topological polar surface area (TPSA) is 0 Å². The van der Waals surface area contributed by atoms with Crippen LogP contribution in [0.3, 0.4) is 0 Å². The lowest BCUT2D eigenvalue weighted by Crippen LogP contribution is -1.75. The maximum atomic E-state index is 3.72. The lowest BCUT2D eigenvalue weighted by Gasteiger charge is -1.91. The molecule has 0 unspecified atom stereocenters. The zero-order valence-corrected chi connectivity index (χ0v) is 26.8. The van der Waals surface area contributed by atoms with Crippen LogP contribution in [0.2, 0.25) is 0 Å². The minimum Gasteiger partial charge on any atom is -0.0776 e. The smallest absolute Gasteiger partial charge is 0.0776 e. The summed E-state index contributed by atoms with van der Waals surface area (Å²) in [6, 6.07) is 28.4. The zero-order chi connectivity index (χ0) is 29.3. The molecule has 39 heavy (non-hydrogen) atoms. The SMILES string of the molecule is C.C=C1C=CC=C[CH+]1.CC.CC.CC.CC.C[C+](C)C.c1ccc(-[s+]2c3ccccc3c3ccccc32)cc1. The molecule has 0 saturated heterocycles. The summed E-state index contributed by atoms with van der Waals surface area (Å²) >= 11 is 0. The molecule has 1 heteroatoms. The highest BCUT2D eigenvalue weighted by molar-refractivity contribution is 7.50. The van der Waals surface area contributed by atoms with Gasteiger partial charge in [0.05, 0.1) is 32.3 Å². The van der Waals surface area contributed by atoms with E-state index in [4.69, 9.17) is 0 Å². The van der Waals surface area contributed by atoms with Gasteiger partial charge in [-0.25, -0.2) is 0 Å². The molecule has 5 rings (SSSR count). The number of fused-ring (bicyclic) bond motifs is 3. The van der Waals surface area contributed by atoms with E-state index in [0.717, 1.165) is 5.57 Å². The Balaban J connectivity index is -0.000000545. The summed E-state index contributed by atoms with van der Waals surface area (Å²) in [4.78, 5) is 1.40. The maximum absolute atomic E-state index is 3.72. The third-order valence-corrected chi connectivity index (χ3v) is 6.66. The van der Waals surface area contributed by atoms with Crippen molar-refractivity contribution in [3.8, 4) is 4.90 Å². The average molecular weight is 546 g/mol. The first-order valence-corrected chi connectivity index (χ1v) is 15.4. The Hall–Kier alpha value is -3.16. The van der Waals surface area contributed by atoms with Crippen molar-refractivity contribution in [1.82, 2.24) is 0 Å². The van der Waals surface area contributed by atoms with E-state index >= 15 is 0 Å². The van der Waals surface area contributed by atoms with Gasteiger partial charge in [0.1, 0.15) is 0 Å². The molecule has 0 N–H and O–H groups in total. The van der Waals surface area contributed by atoms with E-state index in [1.54, 1.807) is 0 Å². The molecule has 212 valence electrons. The van der Waals surface area contributed by atoms with Gasteiger partial charge in [0.15, 0.2) is 14.3 Å². The second-order valence-electron chi connectivity index (χ2n) is 7.60. The third kappa shape index (κ3) is 14.5. The maximum Gasteiger partial charge on any atom is 0.187 e. The van der Waals surface area contributed by atoms with E-state index in [2.05, 4.69) is 106 Å². The molecule has 1 aliphatic rings. The Morgan fingerprint density at radius 1 is 0.590 bits per heavy atom. The van der Waals surface area contributed by atoms with Crippen LogP contribution in [0.15, 0.2) is 115 Å². The highest BCUT2D eigenvalue weighted by atomic mass is 32.2. The molecule has 1 aliphatic carbocycles. The van der Waals surface area contributed by atoms with Gasteiger partial charge in [-0.05, 0) is 43.0 Å². The Labute approximate surface area is 246 Å². The fraction of sp³-hybridized carbons (Fsp3) is 0.316. The second-order valence-corrected chi connectivity index (χ2v) is 9.56. The first kappa shape index (κ1) is 40.3. The van der Waals surface area contributed by atoms with E-state index in [9.17, 15) is 0 Å². The van der Waals surface area contributed by atoms with E-state index in [0.29, 0.717) is 0 Å². The Morgan fingerprint density at radius 3 is 1.31 bits per heavy atom. The summed E-state index contributed by atoms with van der Waals surface area (Å²) in [7, 11) is 0.0594. The predicted octanol–water partition coefficient (Wildman–Crippen LogP) is 14.0. The van der Waals surface area contributed by atoms with Crippen LogP contribution in [0.5, 0.6) is 0 Å². The highest BCUT2D eigenvalue weighted by Gasteiger charge is 2.22. The summed E-state index contributed by atoms with van der Waals surface area (Å²) in [5.74, 6) is 1.42. The Morgan fingerprint density at radius 2 is 0.974 bits per heavy atom. The molecule has 1 heterocycles. The summed E-state index contributed by atoms with van der Waals surface area (Å²) < 4.78 is 2.91. The molecule has 1 aromatic heterocycles. The standard InChI is InChI=1S/C18H13S.C7H7.C4H9.4C2H6.CH4/c1-2-8-14(9-3-1)19-17-12-6-4-10-15(17)16-11-5-7-13-18(16)19;1-7-5-3-2-4-6-7;1-4(2)3;4*1-2;/h1-13H;2-6H,1H2;1-3H3;4*1-2H3;1H4/q3*+1;;;;;. The van der Waals surface area contributed by atoms with E-state index in [-0.39, 0.29) is 17.9 Å². The minimum absolute atomic E-state index is 0. The summed E-state index contributed by atoms with van der Waals surface area (Å²) in [5.41, 5.74) is 1.07. The van der Waals surface area contributed by atoms with Crippen LogP contribution < -0.4 is 0 Å². The number of benzene rings is 3. The van der Waals surface area contributed by atoms with E-state index < -0.39 is 0 Å². The van der Waals surface area contributed by atoms with Crippen molar-refractivity contribution in [1.29, 1.82) is 0 Å². The predicted molar refractivity (Wildman–Crippen MR) is 189 cm³/mol. The minimum atomic E-state index is 0. The molecular formula is C38H57S+3. The molecule has 3 aromatic carbocycles. The summed E-state index contributed by atoms with van der Waals surface area (Å²) in [5, 5.41) is 2.79. The molecule has 0 atom stereocenters. The number of hydrogen-bond acceptors (Lipinski definition) is 0. The zero-order valence-electron chi connectivity index (χ0n) is 26.0. The largest absolute Gasteiger partial charge is 0.187 e. The molecule has 4 aromatic rings. The van der Waals surface area contributed by atoms with Crippen molar-refractivity contribution in [2.75, 3.05) is 0 Å². The lowest BCUT2D eigenvalue weighted by molar-refractivity contribution is 1.10. The average Bonchev–Trinajstić information content (AvgIpc) is 3.33. The van der Waals surface area contributed by atoms with Crippen LogP contribution >= 0.6 is 10.5 Å². The number of allylic oxidation sites excluding steroid dienone is 5. The molecule has 0 saturated carbocycles. The molecule has 0 bridgehead atoms. The lowest BCUT2D eigenvalue weighted by atomic mass is 10.1. The van der Waals surface area contributed by atoms with Gasteiger partial charge >= 0.3 is 0 Å². The third-order valence-electron chi connectivity index (χ3n) is 4.33. The monoisotopic (exact) mass is 545 g/mol. The van der Waals surface area contributed by atoms with Crippen LogP contribution in [-0.4, -0.2) is 0 Å². The number of rotatable bonds is 1. The van der Waals surface area contributed by atoms with Gasteiger partial charge in [-0.2, -0.15) is 0 Å². The van der Waals surface area contributed by atoms with Crippen LogP contribution in [0.1, 0.15) is 83.6 Å². The molecule has 0 aliphatic heterocycles. The van der Waals surface area contributed by atoms with Crippen LogP contribution in [0.4, 0.5) is 0 Å². The van der Waals surface area contributed by atoms with Gasteiger partial charge < -0.3 is 0 Å². The molecule has 0 nitrogen and oxygen atoms in total. The van der Waals surface area contributed by atoms with Crippen molar-refractivity contribution < 1.29 is 0 Å². The number of thiophene rings is 1. The van der Waals surface area contributed by atoms with Crippen LogP contribution in [0, 0.1) is 12.3 Å². The molecule has 0 fully saturated rings. The fourth-order valence-electron chi connectivity index (χ4n) is 3.14. The van der Waals surface area contributed by atoms with E-state index in [1.165, 1.54) is 31.0 Å². The van der Waals surface area contributed by atoms with Gasteiger partial charge in [0.2, 0.25) is 0 Å². The van der Waals surface area contributed by atoms with Crippen molar-refractivity contribution in [2.24, 2.45) is 0 Å². The number of hydrogen-bond donors (Lipinski definition) is 0. The second kappa shape index (κ2) is 26.4. The quantitative estimate of drug-likeness (QED) is 0.165. The highest BCUT2D eigenvalue weighted by Crippen LogP contribution is 2.47. The van der Waals surface area contributed by atoms with Crippen molar-refractivity contribution in [3.05, 3.63) is 128 Å². The first-order chi connectivity index (χ1) is 18.6.